The molecule has 1 N–H and O–H groups in total. The van der Waals surface area contributed by atoms with Gasteiger partial charge in [-0.05, 0) is 24.8 Å². The van der Waals surface area contributed by atoms with E-state index in [1.807, 2.05) is 6.92 Å². The molecule has 5 nitrogen and oxygen atoms in total. The van der Waals surface area contributed by atoms with E-state index in [0.29, 0.717) is 10.6 Å². The normalized spacial score (nSPS) is 12.0. The molecule has 0 aliphatic heterocycles. The zero-order valence-corrected chi connectivity index (χ0v) is 11.0. The number of nitrogens with one attached hydrogen (secondary N) is 1. The molecule has 0 aliphatic rings. The smallest absolute Gasteiger partial charge is 0.350 e. The number of carbonyl (C=O) groups is 2. The lowest BCUT2D eigenvalue weighted by Crippen LogP contribution is -2.27. The third kappa shape index (κ3) is 3.04. The minimum absolute atomic E-state index is 0.292. The van der Waals surface area contributed by atoms with Gasteiger partial charge in [0.15, 0.2) is 0 Å². The highest BCUT2D eigenvalue weighted by Crippen LogP contribution is 2.28. The molecule has 1 atom stereocenters. The minimum Gasteiger partial charge on any atom is -0.465 e. The maximum atomic E-state index is 11.7. The minimum atomic E-state index is -0.570. The number of thiophene rings is 1. The summed E-state index contributed by atoms with van der Waals surface area (Å²) in [7, 11) is 2.76. The van der Waals surface area contributed by atoms with Crippen molar-refractivity contribution >= 4 is 28.9 Å². The summed E-state index contributed by atoms with van der Waals surface area (Å²) in [5.41, 5.74) is 1.32. The van der Waals surface area contributed by atoms with Gasteiger partial charge in [-0.25, -0.2) is 4.79 Å². The number of hydrogen-bond donors (Lipinski definition) is 1. The van der Waals surface area contributed by atoms with Gasteiger partial charge in [-0.3, -0.25) is 4.79 Å². The predicted molar refractivity (Wildman–Crippen MR) is 65.5 cm³/mol. The van der Waals surface area contributed by atoms with Crippen LogP contribution in [0.4, 0.5) is 5.69 Å². The van der Waals surface area contributed by atoms with Crippen LogP contribution < -0.4 is 5.32 Å². The van der Waals surface area contributed by atoms with Gasteiger partial charge in [0.2, 0.25) is 0 Å². The average Bonchev–Trinajstić information content (AvgIpc) is 2.69. The van der Waals surface area contributed by atoms with Crippen LogP contribution in [0.3, 0.4) is 0 Å². The van der Waals surface area contributed by atoms with Gasteiger partial charge in [-0.15, -0.1) is 11.3 Å². The van der Waals surface area contributed by atoms with E-state index < -0.39 is 12.1 Å². The number of anilines is 1. The summed E-state index contributed by atoms with van der Waals surface area (Å²) in [4.78, 5) is 23.5. The third-order valence-electron chi connectivity index (χ3n) is 2.32. The predicted octanol–water partition coefficient (Wildman–Crippen LogP) is 1.82. The Morgan fingerprint density at radius 2 is 2.06 bits per heavy atom. The lowest BCUT2D eigenvalue weighted by atomic mass is 10.2. The molecule has 1 amide bonds. The summed E-state index contributed by atoms with van der Waals surface area (Å²) in [6, 6.07) is 0. The largest absolute Gasteiger partial charge is 0.465 e. The van der Waals surface area contributed by atoms with Gasteiger partial charge in [0, 0.05) is 7.11 Å². The molecule has 0 fully saturated rings. The molecular weight excluding hydrogens is 242 g/mol. The van der Waals surface area contributed by atoms with Crippen LogP contribution in [0.5, 0.6) is 0 Å². The molecule has 0 saturated heterocycles. The van der Waals surface area contributed by atoms with Crippen molar-refractivity contribution in [3.8, 4) is 0 Å². The van der Waals surface area contributed by atoms with Crippen molar-refractivity contribution < 1.29 is 19.1 Å². The number of esters is 1. The fraction of sp³-hybridized carbons (Fsp3) is 0.455. The van der Waals surface area contributed by atoms with Gasteiger partial charge in [0.25, 0.3) is 5.91 Å². The van der Waals surface area contributed by atoms with Crippen molar-refractivity contribution in [2.75, 3.05) is 19.5 Å². The Bertz CT molecular complexity index is 427. The number of amides is 1. The lowest BCUT2D eigenvalue weighted by molar-refractivity contribution is -0.124. The first-order valence-electron chi connectivity index (χ1n) is 5.01. The molecule has 94 valence electrons. The Hall–Kier alpha value is -1.40. The Labute approximate surface area is 104 Å². The highest BCUT2D eigenvalue weighted by Gasteiger charge is 2.20. The van der Waals surface area contributed by atoms with E-state index in [4.69, 9.17) is 4.74 Å². The second-order valence-electron chi connectivity index (χ2n) is 3.48. The first kappa shape index (κ1) is 13.7. The first-order chi connectivity index (χ1) is 8.01. The number of carbonyl (C=O) groups excluding carboxylic acids is 2. The van der Waals surface area contributed by atoms with E-state index in [-0.39, 0.29) is 5.91 Å². The molecule has 1 unspecified atom stereocenters. The second-order valence-corrected chi connectivity index (χ2v) is 4.36. The molecule has 0 radical (unpaired) electrons. The van der Waals surface area contributed by atoms with E-state index in [0.717, 1.165) is 5.56 Å². The fourth-order valence-corrected chi connectivity index (χ4v) is 2.10. The zero-order chi connectivity index (χ0) is 13.0. The van der Waals surface area contributed by atoms with Crippen LogP contribution in [0.2, 0.25) is 0 Å². The van der Waals surface area contributed by atoms with Crippen LogP contribution in [-0.4, -0.2) is 32.2 Å². The second kappa shape index (κ2) is 5.79. The number of ether oxygens (including phenoxy) is 2. The molecule has 1 aromatic rings. The maximum Gasteiger partial charge on any atom is 0.350 e. The van der Waals surface area contributed by atoms with Crippen LogP contribution >= 0.6 is 11.3 Å². The van der Waals surface area contributed by atoms with Gasteiger partial charge >= 0.3 is 5.97 Å². The van der Waals surface area contributed by atoms with Crippen LogP contribution in [-0.2, 0) is 14.3 Å². The Balaban J connectivity index is 2.94. The summed E-state index contributed by atoms with van der Waals surface area (Å²) < 4.78 is 9.55. The summed E-state index contributed by atoms with van der Waals surface area (Å²) in [5.74, 6) is -0.748. The van der Waals surface area contributed by atoms with Crippen molar-refractivity contribution in [3.63, 3.8) is 0 Å². The summed E-state index contributed by atoms with van der Waals surface area (Å²) in [6.45, 7) is 3.45. The topological polar surface area (TPSA) is 64.6 Å². The average molecular weight is 257 g/mol. The summed E-state index contributed by atoms with van der Waals surface area (Å²) in [5, 5.41) is 4.46. The molecule has 6 heteroatoms. The quantitative estimate of drug-likeness (QED) is 0.836. The van der Waals surface area contributed by atoms with Gasteiger partial charge in [-0.1, -0.05) is 0 Å². The number of aryl methyl sites for hydroxylation is 1. The SMILES string of the molecule is COC(=O)c1scc(C)c1NC(=O)C(C)OC. The standard InChI is InChI=1S/C11H15NO4S/c1-6-5-17-9(11(14)16-4)8(6)12-10(13)7(2)15-3/h5,7H,1-4H3,(H,12,13). The molecule has 0 bridgehead atoms. The van der Waals surface area contributed by atoms with Crippen LogP contribution in [0.25, 0.3) is 0 Å². The van der Waals surface area contributed by atoms with Crippen molar-refractivity contribution in [3.05, 3.63) is 15.8 Å². The molecular formula is C11H15NO4S. The lowest BCUT2D eigenvalue weighted by Gasteiger charge is -2.11. The molecule has 0 spiro atoms. The molecule has 0 aliphatic carbocycles. The maximum absolute atomic E-state index is 11.7. The van der Waals surface area contributed by atoms with E-state index in [1.54, 1.807) is 12.3 Å². The van der Waals surface area contributed by atoms with Crippen molar-refractivity contribution in [2.24, 2.45) is 0 Å². The number of rotatable bonds is 4. The van der Waals surface area contributed by atoms with E-state index in [2.05, 4.69) is 10.1 Å². The molecule has 1 heterocycles. The molecule has 17 heavy (non-hydrogen) atoms. The van der Waals surface area contributed by atoms with Crippen LogP contribution in [0.1, 0.15) is 22.2 Å². The van der Waals surface area contributed by atoms with Gasteiger partial charge in [-0.2, -0.15) is 0 Å². The fourth-order valence-electron chi connectivity index (χ4n) is 1.17. The first-order valence-corrected chi connectivity index (χ1v) is 5.89. The molecule has 0 aromatic carbocycles. The highest BCUT2D eigenvalue weighted by atomic mass is 32.1. The number of hydrogen-bond acceptors (Lipinski definition) is 5. The van der Waals surface area contributed by atoms with Gasteiger partial charge < -0.3 is 14.8 Å². The molecule has 1 aromatic heterocycles. The van der Waals surface area contributed by atoms with E-state index >= 15 is 0 Å². The van der Waals surface area contributed by atoms with Gasteiger partial charge in [0.05, 0.1) is 12.8 Å². The highest BCUT2D eigenvalue weighted by molar-refractivity contribution is 7.12. The Morgan fingerprint density at radius 3 is 2.59 bits per heavy atom. The van der Waals surface area contributed by atoms with Crippen LogP contribution in [0, 0.1) is 6.92 Å². The van der Waals surface area contributed by atoms with E-state index in [1.165, 1.54) is 25.6 Å². The van der Waals surface area contributed by atoms with Crippen molar-refractivity contribution in [2.45, 2.75) is 20.0 Å². The van der Waals surface area contributed by atoms with E-state index in [9.17, 15) is 9.59 Å². The van der Waals surface area contributed by atoms with Crippen molar-refractivity contribution in [1.82, 2.24) is 0 Å². The Morgan fingerprint density at radius 1 is 1.41 bits per heavy atom. The summed E-state index contributed by atoms with van der Waals surface area (Å²) in [6.07, 6.45) is -0.570. The van der Waals surface area contributed by atoms with Gasteiger partial charge in [0.1, 0.15) is 11.0 Å². The van der Waals surface area contributed by atoms with Crippen LogP contribution in [0.15, 0.2) is 5.38 Å². The van der Waals surface area contributed by atoms with Crippen molar-refractivity contribution in [1.29, 1.82) is 0 Å². The zero-order valence-electron chi connectivity index (χ0n) is 10.2. The number of methoxy groups -OCH3 is 2. The molecule has 1 rings (SSSR count). The Kier molecular flexibility index (Phi) is 4.65. The molecule has 0 saturated carbocycles. The third-order valence-corrected chi connectivity index (χ3v) is 3.39. The summed E-state index contributed by atoms with van der Waals surface area (Å²) >= 11 is 1.24. The monoisotopic (exact) mass is 257 g/mol.